The predicted molar refractivity (Wildman–Crippen MR) is 97.2 cm³/mol. The Morgan fingerprint density at radius 1 is 1.07 bits per heavy atom. The van der Waals surface area contributed by atoms with Crippen molar-refractivity contribution in [2.75, 3.05) is 13.1 Å². The minimum absolute atomic E-state index is 0.0545. The molecule has 0 saturated carbocycles. The number of likely N-dealkylation sites (tertiary alicyclic amines) is 1. The number of hydrogen-bond acceptors (Lipinski definition) is 3. The van der Waals surface area contributed by atoms with Gasteiger partial charge in [0.2, 0.25) is 0 Å². The fourth-order valence-corrected chi connectivity index (χ4v) is 3.93. The molecule has 0 spiro atoms. The summed E-state index contributed by atoms with van der Waals surface area (Å²) in [7, 11) is 1.97. The summed E-state index contributed by atoms with van der Waals surface area (Å²) >= 11 is 0. The van der Waals surface area contributed by atoms with E-state index >= 15 is 0 Å². The molecule has 0 aliphatic carbocycles. The van der Waals surface area contributed by atoms with Crippen LogP contribution < -0.4 is 0 Å². The number of piperidine rings is 1. The van der Waals surface area contributed by atoms with Crippen molar-refractivity contribution < 1.29 is 13.2 Å². The number of imidazole rings is 1. The lowest BCUT2D eigenvalue weighted by Gasteiger charge is -2.33. The summed E-state index contributed by atoms with van der Waals surface area (Å²) in [6, 6.07) is 9.84. The number of aryl methyl sites for hydroxylation is 1. The highest BCUT2D eigenvalue weighted by Gasteiger charge is 2.35. The highest BCUT2D eigenvalue weighted by Crippen LogP contribution is 2.38. The predicted octanol–water partition coefficient (Wildman–Crippen LogP) is 4.37. The lowest BCUT2D eigenvalue weighted by atomic mass is 9.86. The second-order valence-electron chi connectivity index (χ2n) is 7.07. The summed E-state index contributed by atoms with van der Waals surface area (Å²) in [6.45, 7) is 2.20. The highest BCUT2D eigenvalue weighted by atomic mass is 19.4. The summed E-state index contributed by atoms with van der Waals surface area (Å²) in [5.41, 5.74) is 1.65. The van der Waals surface area contributed by atoms with Crippen LogP contribution in [0.4, 0.5) is 13.2 Å². The van der Waals surface area contributed by atoms with E-state index in [0.717, 1.165) is 42.9 Å². The second-order valence-corrected chi connectivity index (χ2v) is 7.07. The van der Waals surface area contributed by atoms with Gasteiger partial charge in [0.1, 0.15) is 5.82 Å². The Morgan fingerprint density at radius 2 is 1.81 bits per heavy atom. The van der Waals surface area contributed by atoms with Crippen LogP contribution in [-0.4, -0.2) is 32.5 Å². The largest absolute Gasteiger partial charge is 0.416 e. The molecule has 0 N–H and O–H groups in total. The van der Waals surface area contributed by atoms with Gasteiger partial charge in [-0.1, -0.05) is 18.2 Å². The molecule has 4 rings (SSSR count). The maximum atomic E-state index is 13.3. The van der Waals surface area contributed by atoms with Gasteiger partial charge < -0.3 is 4.57 Å². The van der Waals surface area contributed by atoms with Crippen molar-refractivity contribution in [3.8, 4) is 0 Å². The van der Waals surface area contributed by atoms with Crippen molar-refractivity contribution in [3.05, 3.63) is 59.5 Å². The minimum atomic E-state index is -4.30. The molecular formula is C20H21F3N4. The third kappa shape index (κ3) is 3.56. The smallest absolute Gasteiger partial charge is 0.329 e. The van der Waals surface area contributed by atoms with Crippen molar-refractivity contribution in [2.45, 2.75) is 31.5 Å². The molecule has 3 aromatic rings. The van der Waals surface area contributed by atoms with Crippen molar-refractivity contribution in [3.63, 3.8) is 0 Å². The van der Waals surface area contributed by atoms with Crippen molar-refractivity contribution >= 4 is 11.2 Å². The lowest BCUT2D eigenvalue weighted by molar-refractivity contribution is -0.138. The monoisotopic (exact) mass is 374 g/mol. The number of halogens is 3. The number of rotatable bonds is 3. The number of benzene rings is 1. The van der Waals surface area contributed by atoms with E-state index in [0.29, 0.717) is 12.1 Å². The Bertz CT molecular complexity index is 940. The average Bonchev–Trinajstić information content (AvgIpc) is 2.98. The molecule has 1 aliphatic rings. The first-order chi connectivity index (χ1) is 12.9. The Hall–Kier alpha value is -2.41. The summed E-state index contributed by atoms with van der Waals surface area (Å²) in [5.74, 6) is 0.874. The van der Waals surface area contributed by atoms with Crippen LogP contribution in [0.2, 0.25) is 0 Å². The quantitative estimate of drug-likeness (QED) is 0.683. The van der Waals surface area contributed by atoms with Crippen LogP contribution >= 0.6 is 0 Å². The van der Waals surface area contributed by atoms with Crippen molar-refractivity contribution in [1.29, 1.82) is 0 Å². The molecule has 3 heterocycles. The Kier molecular flexibility index (Phi) is 4.63. The van der Waals surface area contributed by atoms with Crippen LogP contribution in [0.3, 0.4) is 0 Å². The first-order valence-corrected chi connectivity index (χ1v) is 9.08. The summed E-state index contributed by atoms with van der Waals surface area (Å²) in [5, 5.41) is 0. The van der Waals surface area contributed by atoms with Gasteiger partial charge in [-0.05, 0) is 55.6 Å². The van der Waals surface area contributed by atoms with E-state index in [1.54, 1.807) is 18.3 Å². The summed E-state index contributed by atoms with van der Waals surface area (Å²) in [6.07, 6.45) is -1.14. The van der Waals surface area contributed by atoms with Crippen LogP contribution in [-0.2, 0) is 19.8 Å². The van der Waals surface area contributed by atoms with Gasteiger partial charge in [-0.15, -0.1) is 0 Å². The SMILES string of the molecule is Cn1c(CN2CCC(c3ccccc3C(F)(F)F)CC2)nc2ncccc21. The van der Waals surface area contributed by atoms with Crippen LogP contribution in [0.1, 0.15) is 35.7 Å². The Morgan fingerprint density at radius 3 is 2.52 bits per heavy atom. The highest BCUT2D eigenvalue weighted by molar-refractivity contribution is 5.71. The summed E-state index contributed by atoms with van der Waals surface area (Å²) in [4.78, 5) is 11.1. The van der Waals surface area contributed by atoms with Gasteiger partial charge in [-0.3, -0.25) is 4.90 Å². The van der Waals surface area contributed by atoms with Gasteiger partial charge in [0.15, 0.2) is 5.65 Å². The molecule has 7 heteroatoms. The van der Waals surface area contributed by atoms with Gasteiger partial charge in [0.05, 0.1) is 17.6 Å². The number of nitrogens with zero attached hydrogens (tertiary/aromatic N) is 4. The standard InChI is InChI=1S/C20H21F3N4/c1-26-17-7-4-10-24-19(17)25-18(26)13-27-11-8-14(9-12-27)15-5-2-3-6-16(15)20(21,22)23/h2-7,10,14H,8-9,11-13H2,1H3. The first kappa shape index (κ1) is 18.0. The number of aromatic nitrogens is 3. The molecular weight excluding hydrogens is 353 g/mol. The molecule has 0 radical (unpaired) electrons. The number of hydrogen-bond donors (Lipinski definition) is 0. The Balaban J connectivity index is 1.46. The van der Waals surface area contributed by atoms with Gasteiger partial charge in [0.25, 0.3) is 0 Å². The van der Waals surface area contributed by atoms with Gasteiger partial charge in [0, 0.05) is 13.2 Å². The van der Waals surface area contributed by atoms with Crippen molar-refractivity contribution in [2.24, 2.45) is 7.05 Å². The minimum Gasteiger partial charge on any atom is -0.329 e. The van der Waals surface area contributed by atoms with Gasteiger partial charge in [-0.2, -0.15) is 13.2 Å². The molecule has 0 atom stereocenters. The molecule has 0 bridgehead atoms. The fourth-order valence-electron chi connectivity index (χ4n) is 3.93. The molecule has 2 aromatic heterocycles. The van der Waals surface area contributed by atoms with Crippen molar-refractivity contribution in [1.82, 2.24) is 19.4 Å². The average molecular weight is 374 g/mol. The second kappa shape index (κ2) is 6.96. The lowest BCUT2D eigenvalue weighted by Crippen LogP contribution is -2.33. The first-order valence-electron chi connectivity index (χ1n) is 9.08. The van der Waals surface area contributed by atoms with Gasteiger partial charge in [-0.25, -0.2) is 9.97 Å². The van der Waals surface area contributed by atoms with Gasteiger partial charge >= 0.3 is 6.18 Å². The maximum absolute atomic E-state index is 13.3. The molecule has 0 amide bonds. The zero-order chi connectivity index (χ0) is 19.0. The molecule has 1 aliphatic heterocycles. The number of fused-ring (bicyclic) bond motifs is 1. The summed E-state index contributed by atoms with van der Waals surface area (Å²) < 4.78 is 41.9. The molecule has 4 nitrogen and oxygen atoms in total. The molecule has 142 valence electrons. The molecule has 1 fully saturated rings. The normalized spacial score (nSPS) is 16.9. The zero-order valence-electron chi connectivity index (χ0n) is 15.1. The third-order valence-electron chi connectivity index (χ3n) is 5.41. The van der Waals surface area contributed by atoms with Crippen LogP contribution in [0, 0.1) is 0 Å². The Labute approximate surface area is 155 Å². The van der Waals surface area contributed by atoms with Crippen LogP contribution in [0.5, 0.6) is 0 Å². The molecule has 1 aromatic carbocycles. The maximum Gasteiger partial charge on any atom is 0.416 e. The van der Waals surface area contributed by atoms with E-state index in [2.05, 4.69) is 14.9 Å². The fraction of sp³-hybridized carbons (Fsp3) is 0.400. The third-order valence-corrected chi connectivity index (χ3v) is 5.41. The van der Waals surface area contributed by atoms with Crippen LogP contribution in [0.25, 0.3) is 11.2 Å². The van der Waals surface area contributed by atoms with E-state index in [9.17, 15) is 13.2 Å². The number of alkyl halides is 3. The van der Waals surface area contributed by atoms with E-state index < -0.39 is 11.7 Å². The van der Waals surface area contributed by atoms with E-state index in [1.165, 1.54) is 12.1 Å². The molecule has 0 unspecified atom stereocenters. The van der Waals surface area contributed by atoms with E-state index in [4.69, 9.17) is 0 Å². The molecule has 1 saturated heterocycles. The zero-order valence-corrected chi connectivity index (χ0v) is 15.1. The number of pyridine rings is 1. The topological polar surface area (TPSA) is 34.0 Å². The molecule has 27 heavy (non-hydrogen) atoms. The van der Waals surface area contributed by atoms with Crippen LogP contribution in [0.15, 0.2) is 42.6 Å². The van der Waals surface area contributed by atoms with E-state index in [-0.39, 0.29) is 5.92 Å². The van der Waals surface area contributed by atoms with E-state index in [1.807, 2.05) is 23.7 Å².